The molecule has 2 aromatic carbocycles. The van der Waals surface area contributed by atoms with E-state index in [-0.39, 0.29) is 17.9 Å². The van der Waals surface area contributed by atoms with Crippen molar-refractivity contribution in [2.45, 2.75) is 78.5 Å². The summed E-state index contributed by atoms with van der Waals surface area (Å²) in [5.41, 5.74) is 5.19. The van der Waals surface area contributed by atoms with Gasteiger partial charge in [-0.05, 0) is 80.3 Å². The SMILES string of the molecule is Cc1cc(Br)cc(C)c1N1CCCC(NC(=O)C(n2cc(-c3ccc(N4CCC(O)CC4)cc3)nn2)C(C)(C)C)C1=O. The third kappa shape index (κ3) is 6.39. The number of hydrogen-bond donors (Lipinski definition) is 2. The Morgan fingerprint density at radius 3 is 2.31 bits per heavy atom. The van der Waals surface area contributed by atoms with Crippen molar-refractivity contribution in [3.8, 4) is 11.3 Å². The zero-order valence-electron chi connectivity index (χ0n) is 25.1. The van der Waals surface area contributed by atoms with Crippen molar-refractivity contribution in [3.05, 3.63) is 58.2 Å². The molecule has 0 radical (unpaired) electrons. The Hall–Kier alpha value is -3.24. The van der Waals surface area contributed by atoms with Crippen LogP contribution in [0.1, 0.15) is 63.6 Å². The summed E-state index contributed by atoms with van der Waals surface area (Å²) < 4.78 is 2.60. The molecule has 1 aromatic heterocycles. The molecule has 3 aromatic rings. The zero-order chi connectivity index (χ0) is 30.2. The Bertz CT molecular complexity index is 1420. The van der Waals surface area contributed by atoms with Crippen LogP contribution in [-0.4, -0.2) is 63.7 Å². The van der Waals surface area contributed by atoms with Crippen LogP contribution in [0.5, 0.6) is 0 Å². The number of aliphatic hydroxyl groups is 1. The van der Waals surface area contributed by atoms with Gasteiger partial charge in [-0.1, -0.05) is 54.0 Å². The first-order valence-corrected chi connectivity index (χ1v) is 15.6. The van der Waals surface area contributed by atoms with Crippen molar-refractivity contribution in [2.75, 3.05) is 29.4 Å². The normalized spacial score (nSPS) is 19.2. The molecule has 10 heteroatoms. The summed E-state index contributed by atoms with van der Waals surface area (Å²) in [7, 11) is 0. The first-order chi connectivity index (χ1) is 19.9. The third-order valence-corrected chi connectivity index (χ3v) is 8.77. The summed E-state index contributed by atoms with van der Waals surface area (Å²) in [5, 5.41) is 21.7. The lowest BCUT2D eigenvalue weighted by Gasteiger charge is -2.36. The van der Waals surface area contributed by atoms with Gasteiger partial charge in [0.05, 0.1) is 12.3 Å². The fourth-order valence-electron chi connectivity index (χ4n) is 6.22. The summed E-state index contributed by atoms with van der Waals surface area (Å²) in [6.45, 7) is 12.3. The number of nitrogens with one attached hydrogen (secondary N) is 1. The molecule has 0 bridgehead atoms. The Morgan fingerprint density at radius 1 is 1.05 bits per heavy atom. The van der Waals surface area contributed by atoms with Gasteiger partial charge in [0.15, 0.2) is 0 Å². The number of carbonyl (C=O) groups excluding carboxylic acids is 2. The molecule has 3 heterocycles. The third-order valence-electron chi connectivity index (χ3n) is 8.32. The maximum Gasteiger partial charge on any atom is 0.249 e. The number of aliphatic hydroxyl groups excluding tert-OH is 1. The van der Waals surface area contributed by atoms with Gasteiger partial charge in [-0.15, -0.1) is 5.10 Å². The summed E-state index contributed by atoms with van der Waals surface area (Å²) in [4.78, 5) is 31.6. The lowest BCUT2D eigenvalue weighted by Crippen LogP contribution is -2.55. The highest BCUT2D eigenvalue weighted by molar-refractivity contribution is 9.10. The monoisotopic (exact) mass is 636 g/mol. The second-order valence-electron chi connectivity index (χ2n) is 12.7. The Balaban J connectivity index is 1.32. The van der Waals surface area contributed by atoms with Gasteiger partial charge < -0.3 is 20.2 Å². The predicted molar refractivity (Wildman–Crippen MR) is 169 cm³/mol. The highest BCUT2D eigenvalue weighted by Gasteiger charge is 2.38. The van der Waals surface area contributed by atoms with Crippen LogP contribution in [0.2, 0.25) is 0 Å². The molecule has 2 saturated heterocycles. The lowest BCUT2D eigenvalue weighted by molar-refractivity contribution is -0.132. The van der Waals surface area contributed by atoms with Gasteiger partial charge in [0.2, 0.25) is 11.8 Å². The Morgan fingerprint density at radius 2 is 1.69 bits per heavy atom. The van der Waals surface area contributed by atoms with Crippen molar-refractivity contribution < 1.29 is 14.7 Å². The zero-order valence-corrected chi connectivity index (χ0v) is 26.7. The summed E-state index contributed by atoms with van der Waals surface area (Å²) in [5.74, 6) is -0.329. The number of aryl methyl sites for hydroxylation is 2. The minimum atomic E-state index is -0.655. The van der Waals surface area contributed by atoms with Crippen LogP contribution >= 0.6 is 15.9 Å². The fraction of sp³-hybridized carbons (Fsp3) is 0.500. The molecule has 5 rings (SSSR count). The number of aromatic nitrogens is 3. The van der Waals surface area contributed by atoms with Crippen molar-refractivity contribution in [1.82, 2.24) is 20.3 Å². The molecular weight excluding hydrogens is 596 g/mol. The molecule has 0 saturated carbocycles. The minimum absolute atomic E-state index is 0.0848. The minimum Gasteiger partial charge on any atom is -0.393 e. The molecule has 2 amide bonds. The van der Waals surface area contributed by atoms with Crippen LogP contribution in [0.4, 0.5) is 11.4 Å². The Kier molecular flexibility index (Phi) is 8.76. The van der Waals surface area contributed by atoms with Crippen LogP contribution in [0.25, 0.3) is 11.3 Å². The fourth-order valence-corrected chi connectivity index (χ4v) is 6.91. The van der Waals surface area contributed by atoms with Crippen LogP contribution in [0.15, 0.2) is 47.1 Å². The maximum absolute atomic E-state index is 13.8. The molecule has 2 fully saturated rings. The lowest BCUT2D eigenvalue weighted by atomic mass is 9.86. The van der Waals surface area contributed by atoms with E-state index in [1.54, 1.807) is 4.68 Å². The highest BCUT2D eigenvalue weighted by Crippen LogP contribution is 2.34. The van der Waals surface area contributed by atoms with Crippen LogP contribution in [0.3, 0.4) is 0 Å². The largest absolute Gasteiger partial charge is 0.393 e. The molecule has 224 valence electrons. The molecule has 0 spiro atoms. The maximum atomic E-state index is 13.8. The summed E-state index contributed by atoms with van der Waals surface area (Å²) >= 11 is 3.54. The Labute approximate surface area is 256 Å². The van der Waals surface area contributed by atoms with Gasteiger partial charge in [0, 0.05) is 41.0 Å². The van der Waals surface area contributed by atoms with E-state index in [2.05, 4.69) is 48.6 Å². The summed E-state index contributed by atoms with van der Waals surface area (Å²) in [6.07, 6.45) is 4.55. The van der Waals surface area contributed by atoms with Crippen molar-refractivity contribution in [1.29, 1.82) is 0 Å². The van der Waals surface area contributed by atoms with Crippen molar-refractivity contribution in [3.63, 3.8) is 0 Å². The summed E-state index contributed by atoms with van der Waals surface area (Å²) in [6, 6.07) is 10.9. The molecule has 2 atom stereocenters. The van der Waals surface area contributed by atoms with E-state index in [1.165, 1.54) is 0 Å². The van der Waals surface area contributed by atoms with E-state index in [0.29, 0.717) is 18.7 Å². The molecular formula is C32H41BrN6O3. The first-order valence-electron chi connectivity index (χ1n) is 14.8. The second kappa shape index (κ2) is 12.2. The quantitative estimate of drug-likeness (QED) is 0.386. The molecule has 9 nitrogen and oxygen atoms in total. The second-order valence-corrected chi connectivity index (χ2v) is 13.6. The highest BCUT2D eigenvalue weighted by atomic mass is 79.9. The molecule has 0 aliphatic carbocycles. The van der Waals surface area contributed by atoms with Gasteiger partial charge in [-0.2, -0.15) is 0 Å². The van der Waals surface area contributed by atoms with Gasteiger partial charge in [-0.25, -0.2) is 4.68 Å². The number of benzene rings is 2. The number of amides is 2. The van der Waals surface area contributed by atoms with Crippen LogP contribution in [0, 0.1) is 19.3 Å². The molecule has 42 heavy (non-hydrogen) atoms. The molecule has 2 unspecified atom stereocenters. The van der Waals surface area contributed by atoms with E-state index >= 15 is 0 Å². The predicted octanol–water partition coefficient (Wildman–Crippen LogP) is 5.18. The number of hydrogen-bond acceptors (Lipinski definition) is 6. The van der Waals surface area contributed by atoms with Crippen LogP contribution < -0.4 is 15.1 Å². The van der Waals surface area contributed by atoms with Crippen molar-refractivity contribution in [2.24, 2.45) is 5.41 Å². The van der Waals surface area contributed by atoms with E-state index in [1.807, 2.05) is 70.0 Å². The van der Waals surface area contributed by atoms with Gasteiger partial charge >= 0.3 is 0 Å². The number of piperidine rings is 2. The van der Waals surface area contributed by atoms with E-state index in [9.17, 15) is 14.7 Å². The number of rotatable bonds is 6. The van der Waals surface area contributed by atoms with Crippen LogP contribution in [-0.2, 0) is 9.59 Å². The standard InChI is InChI=1S/C32H41BrN6O3/c1-20-17-23(33)18-21(2)28(20)38-14-6-7-26(31(38)42)34-30(41)29(32(3,4)5)39-19-27(35-36-39)22-8-10-24(11-9-22)37-15-12-25(40)13-16-37/h8-11,17-19,25-26,29,40H,6-7,12-16H2,1-5H3,(H,34,41). The average Bonchev–Trinajstić information content (AvgIpc) is 3.39. The molecule has 2 aliphatic rings. The van der Waals surface area contributed by atoms with E-state index < -0.39 is 17.5 Å². The molecule has 2 N–H and O–H groups in total. The smallest absolute Gasteiger partial charge is 0.249 e. The number of halogens is 1. The van der Waals surface area contributed by atoms with E-state index in [0.717, 1.165) is 64.9 Å². The number of carbonyl (C=O) groups is 2. The topological polar surface area (TPSA) is 104 Å². The number of anilines is 2. The first kappa shape index (κ1) is 30.2. The average molecular weight is 638 g/mol. The number of nitrogens with zero attached hydrogens (tertiary/aromatic N) is 5. The van der Waals surface area contributed by atoms with E-state index in [4.69, 9.17) is 0 Å². The van der Waals surface area contributed by atoms with Gasteiger partial charge in [0.1, 0.15) is 17.8 Å². The van der Waals surface area contributed by atoms with Crippen molar-refractivity contribution >= 4 is 39.1 Å². The van der Waals surface area contributed by atoms with Gasteiger partial charge in [-0.3, -0.25) is 9.59 Å². The molecule has 2 aliphatic heterocycles. The van der Waals surface area contributed by atoms with Gasteiger partial charge in [0.25, 0.3) is 0 Å².